The monoisotopic (exact) mass is 414 g/mol. The highest BCUT2D eigenvalue weighted by Gasteiger charge is 2.13. The zero-order chi connectivity index (χ0) is 21.6. The largest absolute Gasteiger partial charge is 0.492 e. The number of amides is 1. The maximum atomic E-state index is 12.4. The zero-order valence-electron chi connectivity index (χ0n) is 17.8. The Labute approximate surface area is 181 Å². The summed E-state index contributed by atoms with van der Waals surface area (Å²) in [6, 6.07) is 21.4. The highest BCUT2D eigenvalue weighted by Crippen LogP contribution is 2.20. The van der Waals surface area contributed by atoms with Crippen LogP contribution in [0.4, 0.5) is 0 Å². The standard InChI is InChI=1S/C25H26N4O2/c1-18(2)19-10-12-20(13-11-19)31-16-15-29-23-9-4-3-7-21(23)28-24(29)17-27-25(30)22-8-5-6-14-26-22/h3-14,18H,15-17H2,1-2H3,(H,27,30). The molecule has 1 amide bonds. The molecule has 6 nitrogen and oxygen atoms in total. The highest BCUT2D eigenvalue weighted by molar-refractivity contribution is 5.92. The van der Waals surface area contributed by atoms with Crippen molar-refractivity contribution < 1.29 is 9.53 Å². The van der Waals surface area contributed by atoms with E-state index in [9.17, 15) is 4.79 Å². The van der Waals surface area contributed by atoms with E-state index < -0.39 is 0 Å². The molecular formula is C25H26N4O2. The van der Waals surface area contributed by atoms with Gasteiger partial charge in [0.05, 0.1) is 24.1 Å². The van der Waals surface area contributed by atoms with Gasteiger partial charge >= 0.3 is 0 Å². The van der Waals surface area contributed by atoms with Gasteiger partial charge in [-0.25, -0.2) is 4.98 Å². The third kappa shape index (κ3) is 4.91. The van der Waals surface area contributed by atoms with Gasteiger partial charge in [-0.05, 0) is 47.9 Å². The van der Waals surface area contributed by atoms with Crippen molar-refractivity contribution in [1.29, 1.82) is 0 Å². The van der Waals surface area contributed by atoms with Crippen molar-refractivity contribution in [2.45, 2.75) is 32.9 Å². The van der Waals surface area contributed by atoms with Gasteiger partial charge in [0.1, 0.15) is 23.9 Å². The zero-order valence-corrected chi connectivity index (χ0v) is 17.8. The number of nitrogens with zero attached hydrogens (tertiary/aromatic N) is 3. The van der Waals surface area contributed by atoms with Crippen LogP contribution in [0.5, 0.6) is 5.75 Å². The normalized spacial score (nSPS) is 11.1. The molecule has 2 heterocycles. The number of hydrogen-bond donors (Lipinski definition) is 1. The van der Waals surface area contributed by atoms with Crippen LogP contribution in [-0.4, -0.2) is 27.0 Å². The van der Waals surface area contributed by atoms with Crippen LogP contribution < -0.4 is 10.1 Å². The summed E-state index contributed by atoms with van der Waals surface area (Å²) in [5.74, 6) is 1.90. The van der Waals surface area contributed by atoms with Crippen LogP contribution in [0.15, 0.2) is 72.9 Å². The lowest BCUT2D eigenvalue weighted by molar-refractivity contribution is 0.0944. The molecule has 31 heavy (non-hydrogen) atoms. The van der Waals surface area contributed by atoms with Gasteiger partial charge in [-0.1, -0.05) is 44.2 Å². The summed E-state index contributed by atoms with van der Waals surface area (Å²) >= 11 is 0. The molecule has 0 atom stereocenters. The number of hydrogen-bond acceptors (Lipinski definition) is 4. The van der Waals surface area contributed by atoms with Gasteiger partial charge in [-0.2, -0.15) is 0 Å². The van der Waals surface area contributed by atoms with Crippen molar-refractivity contribution in [3.63, 3.8) is 0 Å². The lowest BCUT2D eigenvalue weighted by Crippen LogP contribution is -2.26. The summed E-state index contributed by atoms with van der Waals surface area (Å²) in [6.45, 7) is 5.79. The van der Waals surface area contributed by atoms with Gasteiger partial charge in [0.15, 0.2) is 0 Å². The predicted molar refractivity (Wildman–Crippen MR) is 121 cm³/mol. The lowest BCUT2D eigenvalue weighted by atomic mass is 10.0. The van der Waals surface area contributed by atoms with Crippen LogP contribution in [0, 0.1) is 0 Å². The molecule has 0 radical (unpaired) electrons. The Morgan fingerprint density at radius 3 is 2.55 bits per heavy atom. The first-order chi connectivity index (χ1) is 15.1. The van der Waals surface area contributed by atoms with Crippen LogP contribution in [0.3, 0.4) is 0 Å². The Morgan fingerprint density at radius 1 is 1.03 bits per heavy atom. The molecule has 1 N–H and O–H groups in total. The highest BCUT2D eigenvalue weighted by atomic mass is 16.5. The van der Waals surface area contributed by atoms with Crippen molar-refractivity contribution in [2.75, 3.05) is 6.61 Å². The molecule has 0 aliphatic heterocycles. The van der Waals surface area contributed by atoms with Gasteiger partial charge in [-0.15, -0.1) is 0 Å². The van der Waals surface area contributed by atoms with Crippen molar-refractivity contribution in [2.24, 2.45) is 0 Å². The molecule has 0 aliphatic rings. The summed E-state index contributed by atoms with van der Waals surface area (Å²) < 4.78 is 8.06. The second kappa shape index (κ2) is 9.43. The first-order valence-corrected chi connectivity index (χ1v) is 10.5. The SMILES string of the molecule is CC(C)c1ccc(OCCn2c(CNC(=O)c3ccccn3)nc3ccccc32)cc1. The smallest absolute Gasteiger partial charge is 0.270 e. The molecule has 0 unspecified atom stereocenters. The number of imidazole rings is 1. The Kier molecular flexibility index (Phi) is 6.26. The Balaban J connectivity index is 1.45. The van der Waals surface area contributed by atoms with Crippen LogP contribution in [-0.2, 0) is 13.1 Å². The van der Waals surface area contributed by atoms with E-state index in [2.05, 4.69) is 40.8 Å². The second-order valence-electron chi connectivity index (χ2n) is 7.64. The average Bonchev–Trinajstić information content (AvgIpc) is 3.16. The Morgan fingerprint density at radius 2 is 1.81 bits per heavy atom. The van der Waals surface area contributed by atoms with E-state index in [1.165, 1.54) is 5.56 Å². The van der Waals surface area contributed by atoms with Gasteiger partial charge in [-0.3, -0.25) is 9.78 Å². The number of fused-ring (bicyclic) bond motifs is 1. The van der Waals surface area contributed by atoms with Crippen molar-refractivity contribution in [3.05, 3.63) is 90.0 Å². The summed E-state index contributed by atoms with van der Waals surface area (Å²) in [4.78, 5) is 21.2. The van der Waals surface area contributed by atoms with E-state index in [1.54, 1.807) is 24.4 Å². The van der Waals surface area contributed by atoms with Crippen molar-refractivity contribution >= 4 is 16.9 Å². The number of carbonyl (C=O) groups excluding carboxylic acids is 1. The fourth-order valence-electron chi connectivity index (χ4n) is 3.46. The fourth-order valence-corrected chi connectivity index (χ4v) is 3.46. The number of carbonyl (C=O) groups is 1. The lowest BCUT2D eigenvalue weighted by Gasteiger charge is -2.12. The number of para-hydroxylation sites is 2. The van der Waals surface area contributed by atoms with E-state index in [-0.39, 0.29) is 5.91 Å². The van der Waals surface area contributed by atoms with Crippen LogP contribution in [0.1, 0.15) is 41.6 Å². The topological polar surface area (TPSA) is 69.0 Å². The molecule has 0 saturated heterocycles. The van der Waals surface area contributed by atoms with Gasteiger partial charge in [0.2, 0.25) is 0 Å². The first kappa shape index (κ1) is 20.6. The number of nitrogens with one attached hydrogen (secondary N) is 1. The van der Waals surface area contributed by atoms with Crippen LogP contribution in [0.25, 0.3) is 11.0 Å². The maximum Gasteiger partial charge on any atom is 0.270 e. The number of pyridine rings is 1. The first-order valence-electron chi connectivity index (χ1n) is 10.5. The molecule has 0 bridgehead atoms. The third-order valence-electron chi connectivity index (χ3n) is 5.17. The van der Waals surface area contributed by atoms with Crippen LogP contribution >= 0.6 is 0 Å². The quantitative estimate of drug-likeness (QED) is 0.459. The summed E-state index contributed by atoms with van der Waals surface area (Å²) in [5.41, 5.74) is 3.59. The minimum atomic E-state index is -0.222. The Hall–Kier alpha value is -3.67. The number of rotatable bonds is 8. The predicted octanol–water partition coefficient (Wildman–Crippen LogP) is 4.56. The second-order valence-corrected chi connectivity index (χ2v) is 7.64. The molecular weight excluding hydrogens is 388 g/mol. The van der Waals surface area contributed by atoms with E-state index in [0.717, 1.165) is 22.6 Å². The summed E-state index contributed by atoms with van der Waals surface area (Å²) in [7, 11) is 0. The van der Waals surface area contributed by atoms with E-state index in [4.69, 9.17) is 9.72 Å². The van der Waals surface area contributed by atoms with Gasteiger partial charge in [0.25, 0.3) is 5.91 Å². The number of aromatic nitrogens is 3. The summed E-state index contributed by atoms with van der Waals surface area (Å²) in [6.07, 6.45) is 1.61. The Bertz CT molecular complexity index is 1150. The molecule has 6 heteroatoms. The van der Waals surface area contributed by atoms with E-state index in [1.807, 2.05) is 36.4 Å². The van der Waals surface area contributed by atoms with Crippen molar-refractivity contribution in [1.82, 2.24) is 19.9 Å². The maximum absolute atomic E-state index is 12.4. The fraction of sp³-hybridized carbons (Fsp3) is 0.240. The van der Waals surface area contributed by atoms with Crippen LogP contribution in [0.2, 0.25) is 0 Å². The molecule has 4 rings (SSSR count). The van der Waals surface area contributed by atoms with Gasteiger partial charge < -0.3 is 14.6 Å². The molecule has 158 valence electrons. The summed E-state index contributed by atoms with van der Waals surface area (Å²) in [5, 5.41) is 2.92. The molecule has 0 spiro atoms. The molecule has 0 fully saturated rings. The molecule has 2 aromatic heterocycles. The average molecular weight is 415 g/mol. The molecule has 0 aliphatic carbocycles. The van der Waals surface area contributed by atoms with Gasteiger partial charge in [0, 0.05) is 6.20 Å². The van der Waals surface area contributed by atoms with E-state index >= 15 is 0 Å². The van der Waals surface area contributed by atoms with Crippen molar-refractivity contribution in [3.8, 4) is 5.75 Å². The number of benzene rings is 2. The molecule has 4 aromatic rings. The minimum absolute atomic E-state index is 0.222. The number of ether oxygens (including phenoxy) is 1. The van der Waals surface area contributed by atoms with E-state index in [0.29, 0.717) is 31.3 Å². The minimum Gasteiger partial charge on any atom is -0.492 e. The third-order valence-corrected chi connectivity index (χ3v) is 5.17. The molecule has 0 saturated carbocycles. The molecule has 2 aromatic carbocycles.